The second-order valence-electron chi connectivity index (χ2n) is 3.03. The lowest BCUT2D eigenvalue weighted by molar-refractivity contribution is 0.119. The van der Waals surface area contributed by atoms with Crippen molar-refractivity contribution in [1.82, 2.24) is 0 Å². The predicted octanol–water partition coefficient (Wildman–Crippen LogP) is 2.98. The van der Waals surface area contributed by atoms with Crippen molar-refractivity contribution in [1.29, 1.82) is 0 Å². The van der Waals surface area contributed by atoms with Gasteiger partial charge in [-0.25, -0.2) is 4.39 Å². The van der Waals surface area contributed by atoms with Gasteiger partial charge in [-0.1, -0.05) is 12.1 Å². The number of ether oxygens (including phenoxy) is 2. The zero-order valence-corrected chi connectivity index (χ0v) is 9.39. The largest absolute Gasteiger partial charge is 0.493 e. The monoisotopic (exact) mass is 232 g/mol. The fraction of sp³-hybridized carbons (Fsp3) is 0.455. The summed E-state index contributed by atoms with van der Waals surface area (Å²) >= 11 is 5.50. The number of hydrogen-bond donors (Lipinski definition) is 0. The summed E-state index contributed by atoms with van der Waals surface area (Å²) in [4.78, 5) is 0. The van der Waals surface area contributed by atoms with Crippen LogP contribution in [0.3, 0.4) is 0 Å². The highest BCUT2D eigenvalue weighted by molar-refractivity contribution is 6.17. The molecule has 4 heteroatoms. The molecule has 1 aromatic carbocycles. The van der Waals surface area contributed by atoms with Crippen molar-refractivity contribution in [3.05, 3.63) is 29.6 Å². The van der Waals surface area contributed by atoms with Crippen molar-refractivity contribution < 1.29 is 13.9 Å². The fourth-order valence-electron chi connectivity index (χ4n) is 1.23. The van der Waals surface area contributed by atoms with Crippen LogP contribution in [0.2, 0.25) is 0 Å². The molecule has 0 saturated heterocycles. The van der Waals surface area contributed by atoms with E-state index in [4.69, 9.17) is 21.1 Å². The number of para-hydroxylation sites is 1. The van der Waals surface area contributed by atoms with E-state index in [9.17, 15) is 4.39 Å². The number of rotatable bonds is 6. The summed E-state index contributed by atoms with van der Waals surface area (Å²) in [7, 11) is 1.45. The van der Waals surface area contributed by atoms with E-state index in [1.54, 1.807) is 12.1 Å². The third-order valence-electron chi connectivity index (χ3n) is 1.93. The minimum absolute atomic E-state index is 0.253. The van der Waals surface area contributed by atoms with Crippen LogP contribution >= 0.6 is 11.6 Å². The Morgan fingerprint density at radius 3 is 2.87 bits per heavy atom. The number of halogens is 2. The van der Waals surface area contributed by atoms with Crippen LogP contribution in [0, 0.1) is 5.82 Å². The molecular formula is C11H14ClFO2. The molecule has 0 saturated carbocycles. The van der Waals surface area contributed by atoms with Crippen molar-refractivity contribution >= 4 is 11.6 Å². The second kappa shape index (κ2) is 6.64. The van der Waals surface area contributed by atoms with Crippen LogP contribution in [0.25, 0.3) is 0 Å². The number of methoxy groups -OCH3 is 1. The minimum Gasteiger partial charge on any atom is -0.493 e. The Hall–Kier alpha value is -0.800. The van der Waals surface area contributed by atoms with E-state index in [1.165, 1.54) is 13.2 Å². The zero-order valence-electron chi connectivity index (χ0n) is 8.63. The molecule has 1 aromatic rings. The Labute approximate surface area is 94.0 Å². The average molecular weight is 233 g/mol. The molecule has 84 valence electrons. The SMILES string of the molecule is COc1c(F)cccc1COCCCCl. The highest BCUT2D eigenvalue weighted by Gasteiger charge is 2.07. The van der Waals surface area contributed by atoms with Gasteiger partial charge in [0.2, 0.25) is 0 Å². The predicted molar refractivity (Wildman–Crippen MR) is 57.9 cm³/mol. The number of alkyl halides is 1. The van der Waals surface area contributed by atoms with Gasteiger partial charge in [0.25, 0.3) is 0 Å². The van der Waals surface area contributed by atoms with E-state index in [0.29, 0.717) is 24.7 Å². The molecule has 0 aliphatic rings. The first-order valence-electron chi connectivity index (χ1n) is 4.74. The molecule has 0 aliphatic carbocycles. The smallest absolute Gasteiger partial charge is 0.165 e. The second-order valence-corrected chi connectivity index (χ2v) is 3.41. The van der Waals surface area contributed by atoms with Gasteiger partial charge < -0.3 is 9.47 Å². The molecule has 0 fully saturated rings. The Balaban J connectivity index is 2.56. The molecule has 0 bridgehead atoms. The summed E-state index contributed by atoms with van der Waals surface area (Å²) in [5.74, 6) is 0.458. The molecule has 1 rings (SSSR count). The maximum absolute atomic E-state index is 13.2. The summed E-state index contributed by atoms with van der Waals surface area (Å²) in [5.41, 5.74) is 0.715. The lowest BCUT2D eigenvalue weighted by Crippen LogP contribution is -2.00. The van der Waals surface area contributed by atoms with Crippen molar-refractivity contribution in [2.75, 3.05) is 19.6 Å². The quantitative estimate of drug-likeness (QED) is 0.555. The van der Waals surface area contributed by atoms with Gasteiger partial charge in [-0.3, -0.25) is 0 Å². The van der Waals surface area contributed by atoms with Crippen LogP contribution in [0.4, 0.5) is 4.39 Å². The fourth-order valence-corrected chi connectivity index (χ4v) is 1.34. The first-order chi connectivity index (χ1) is 7.29. The Morgan fingerprint density at radius 1 is 1.40 bits per heavy atom. The summed E-state index contributed by atoms with van der Waals surface area (Å²) in [6.07, 6.45) is 0.791. The highest BCUT2D eigenvalue weighted by Crippen LogP contribution is 2.22. The van der Waals surface area contributed by atoms with Gasteiger partial charge in [0.05, 0.1) is 13.7 Å². The minimum atomic E-state index is -0.365. The summed E-state index contributed by atoms with van der Waals surface area (Å²) < 4.78 is 23.5. The van der Waals surface area contributed by atoms with Gasteiger partial charge >= 0.3 is 0 Å². The van der Waals surface area contributed by atoms with Crippen LogP contribution < -0.4 is 4.74 Å². The highest BCUT2D eigenvalue weighted by atomic mass is 35.5. The molecule has 0 N–H and O–H groups in total. The molecule has 0 heterocycles. The Kier molecular flexibility index (Phi) is 5.43. The Morgan fingerprint density at radius 2 is 2.20 bits per heavy atom. The van der Waals surface area contributed by atoms with E-state index in [0.717, 1.165) is 6.42 Å². The summed E-state index contributed by atoms with van der Waals surface area (Å²) in [6, 6.07) is 4.78. The van der Waals surface area contributed by atoms with Crippen LogP contribution in [0.1, 0.15) is 12.0 Å². The Bertz CT molecular complexity index is 305. The first kappa shape index (κ1) is 12.3. The normalized spacial score (nSPS) is 10.3. The standard InChI is InChI=1S/C11H14ClFO2/c1-14-11-9(4-2-5-10(11)13)8-15-7-3-6-12/h2,4-5H,3,6-8H2,1H3. The molecule has 0 radical (unpaired) electrons. The third-order valence-corrected chi connectivity index (χ3v) is 2.20. The maximum atomic E-state index is 13.2. The lowest BCUT2D eigenvalue weighted by atomic mass is 10.2. The molecule has 0 spiro atoms. The maximum Gasteiger partial charge on any atom is 0.165 e. The van der Waals surface area contributed by atoms with Crippen LogP contribution in [-0.2, 0) is 11.3 Å². The lowest BCUT2D eigenvalue weighted by Gasteiger charge is -2.09. The van der Waals surface area contributed by atoms with Crippen LogP contribution in [-0.4, -0.2) is 19.6 Å². The first-order valence-corrected chi connectivity index (χ1v) is 5.28. The van der Waals surface area contributed by atoms with Gasteiger partial charge in [-0.2, -0.15) is 0 Å². The van der Waals surface area contributed by atoms with Gasteiger partial charge in [-0.05, 0) is 12.5 Å². The van der Waals surface area contributed by atoms with Gasteiger partial charge in [0.1, 0.15) is 0 Å². The van der Waals surface area contributed by atoms with Crippen molar-refractivity contribution in [2.45, 2.75) is 13.0 Å². The van der Waals surface area contributed by atoms with Crippen molar-refractivity contribution in [3.8, 4) is 5.75 Å². The van der Waals surface area contributed by atoms with Crippen LogP contribution in [0.5, 0.6) is 5.75 Å². The van der Waals surface area contributed by atoms with E-state index < -0.39 is 0 Å². The van der Waals surface area contributed by atoms with Crippen molar-refractivity contribution in [3.63, 3.8) is 0 Å². The molecule has 0 amide bonds. The number of benzene rings is 1. The van der Waals surface area contributed by atoms with E-state index >= 15 is 0 Å². The van der Waals surface area contributed by atoms with Crippen LogP contribution in [0.15, 0.2) is 18.2 Å². The molecule has 2 nitrogen and oxygen atoms in total. The van der Waals surface area contributed by atoms with Gasteiger partial charge in [-0.15, -0.1) is 11.6 Å². The van der Waals surface area contributed by atoms with E-state index in [-0.39, 0.29) is 11.6 Å². The molecule has 0 unspecified atom stereocenters. The molecule has 0 aromatic heterocycles. The number of hydrogen-bond acceptors (Lipinski definition) is 2. The topological polar surface area (TPSA) is 18.5 Å². The molecule has 15 heavy (non-hydrogen) atoms. The summed E-state index contributed by atoms with van der Waals surface area (Å²) in [5, 5.41) is 0. The molecule has 0 atom stereocenters. The van der Waals surface area contributed by atoms with E-state index in [2.05, 4.69) is 0 Å². The van der Waals surface area contributed by atoms with E-state index in [1.807, 2.05) is 0 Å². The molecular weight excluding hydrogens is 219 g/mol. The van der Waals surface area contributed by atoms with Gasteiger partial charge in [0.15, 0.2) is 11.6 Å². The third kappa shape index (κ3) is 3.68. The molecule has 0 aliphatic heterocycles. The summed E-state index contributed by atoms with van der Waals surface area (Å²) in [6.45, 7) is 0.918. The van der Waals surface area contributed by atoms with Gasteiger partial charge in [0, 0.05) is 18.1 Å². The zero-order chi connectivity index (χ0) is 11.1. The average Bonchev–Trinajstić information content (AvgIpc) is 2.24. The van der Waals surface area contributed by atoms with Crippen molar-refractivity contribution in [2.24, 2.45) is 0 Å².